The predicted octanol–water partition coefficient (Wildman–Crippen LogP) is 3.40. The molecule has 7 heteroatoms. The lowest BCUT2D eigenvalue weighted by atomic mass is 10.0. The van der Waals surface area contributed by atoms with Gasteiger partial charge in [0.25, 0.3) is 0 Å². The number of rotatable bonds is 5. The predicted molar refractivity (Wildman–Crippen MR) is 102 cm³/mol. The molecule has 0 aliphatic heterocycles. The molecule has 0 amide bonds. The number of H-pyrrole nitrogens is 2. The third kappa shape index (κ3) is 3.08. The van der Waals surface area contributed by atoms with Gasteiger partial charge in [0, 0.05) is 41.7 Å². The molecular formula is C20H19N5O2. The van der Waals surface area contributed by atoms with Gasteiger partial charge >= 0.3 is 0 Å². The van der Waals surface area contributed by atoms with E-state index in [2.05, 4.69) is 25.1 Å². The summed E-state index contributed by atoms with van der Waals surface area (Å²) < 4.78 is 5.40. The Morgan fingerprint density at radius 3 is 2.81 bits per heavy atom. The monoisotopic (exact) mass is 361 g/mol. The second-order valence-electron chi connectivity index (χ2n) is 6.46. The zero-order chi connectivity index (χ0) is 19.0. The zero-order valence-corrected chi connectivity index (χ0v) is 15.3. The Morgan fingerprint density at radius 2 is 2.07 bits per heavy atom. The first-order valence-electron chi connectivity index (χ1n) is 8.57. The van der Waals surface area contributed by atoms with Crippen molar-refractivity contribution >= 4 is 16.8 Å². The first kappa shape index (κ1) is 17.0. The molecule has 4 heterocycles. The number of carbonyl (C=O) groups is 1. The van der Waals surface area contributed by atoms with E-state index in [1.807, 2.05) is 32.0 Å². The van der Waals surface area contributed by atoms with Crippen LogP contribution < -0.4 is 4.74 Å². The molecular weight excluding hydrogens is 342 g/mol. The van der Waals surface area contributed by atoms with Crippen LogP contribution in [0.25, 0.3) is 22.3 Å². The van der Waals surface area contributed by atoms with Crippen molar-refractivity contribution in [1.82, 2.24) is 25.1 Å². The fourth-order valence-electron chi connectivity index (χ4n) is 3.09. The molecule has 0 aromatic carbocycles. The third-order valence-electron chi connectivity index (χ3n) is 4.70. The van der Waals surface area contributed by atoms with Crippen LogP contribution in [0.1, 0.15) is 27.3 Å². The molecule has 0 spiro atoms. The van der Waals surface area contributed by atoms with Gasteiger partial charge in [0.05, 0.1) is 18.4 Å². The van der Waals surface area contributed by atoms with Gasteiger partial charge in [0.1, 0.15) is 17.1 Å². The van der Waals surface area contributed by atoms with Crippen LogP contribution in [0.3, 0.4) is 0 Å². The largest absolute Gasteiger partial charge is 0.496 e. The number of carbonyl (C=O) groups excluding carboxylic acids is 1. The van der Waals surface area contributed by atoms with Crippen molar-refractivity contribution in [1.29, 1.82) is 0 Å². The molecule has 0 aliphatic carbocycles. The van der Waals surface area contributed by atoms with Gasteiger partial charge in [-0.05, 0) is 37.6 Å². The van der Waals surface area contributed by atoms with Gasteiger partial charge in [0.15, 0.2) is 5.78 Å². The van der Waals surface area contributed by atoms with E-state index in [-0.39, 0.29) is 12.2 Å². The Bertz CT molecular complexity index is 1140. The number of hydrogen-bond donors (Lipinski definition) is 2. The van der Waals surface area contributed by atoms with Crippen molar-refractivity contribution < 1.29 is 9.53 Å². The minimum absolute atomic E-state index is 0.0253. The Balaban J connectivity index is 1.65. The van der Waals surface area contributed by atoms with Gasteiger partial charge in [-0.1, -0.05) is 0 Å². The summed E-state index contributed by atoms with van der Waals surface area (Å²) in [5.41, 5.74) is 5.61. The fraction of sp³-hybridized carbons (Fsp3) is 0.200. The van der Waals surface area contributed by atoms with Crippen molar-refractivity contribution in [3.8, 4) is 17.0 Å². The van der Waals surface area contributed by atoms with Crippen molar-refractivity contribution in [2.45, 2.75) is 20.3 Å². The van der Waals surface area contributed by atoms with Crippen LogP contribution in [0.2, 0.25) is 0 Å². The molecule has 0 fully saturated rings. The molecule has 27 heavy (non-hydrogen) atoms. The van der Waals surface area contributed by atoms with E-state index in [1.165, 1.54) is 0 Å². The first-order valence-corrected chi connectivity index (χ1v) is 8.57. The standard InChI is InChI=1S/C20H19N5O2/c1-11-12(2)24-25-19(11)17(26)7-13-6-14-8-16(23-20(14)22-9-13)15-10-21-5-4-18(15)27-3/h4-6,8-10H,7H2,1-3H3,(H,22,23)(H,24,25). The molecule has 2 N–H and O–H groups in total. The van der Waals surface area contributed by atoms with E-state index < -0.39 is 0 Å². The lowest BCUT2D eigenvalue weighted by Crippen LogP contribution is -2.06. The number of aromatic amines is 2. The Labute approximate surface area is 155 Å². The highest BCUT2D eigenvalue weighted by Gasteiger charge is 2.16. The van der Waals surface area contributed by atoms with Gasteiger partial charge in [0.2, 0.25) is 0 Å². The quantitative estimate of drug-likeness (QED) is 0.531. The highest BCUT2D eigenvalue weighted by molar-refractivity contribution is 5.97. The summed E-state index contributed by atoms with van der Waals surface area (Å²) in [6.07, 6.45) is 5.41. The summed E-state index contributed by atoms with van der Waals surface area (Å²) in [6, 6.07) is 5.77. The van der Waals surface area contributed by atoms with Crippen molar-refractivity contribution in [2.75, 3.05) is 7.11 Å². The second kappa shape index (κ2) is 6.68. The van der Waals surface area contributed by atoms with Crippen LogP contribution in [0, 0.1) is 13.8 Å². The summed E-state index contributed by atoms with van der Waals surface area (Å²) in [4.78, 5) is 24.5. The topological polar surface area (TPSA) is 96.6 Å². The van der Waals surface area contributed by atoms with E-state index in [0.717, 1.165) is 44.9 Å². The summed E-state index contributed by atoms with van der Waals surface area (Å²) >= 11 is 0. The van der Waals surface area contributed by atoms with Crippen molar-refractivity contribution in [3.05, 3.63) is 59.3 Å². The second-order valence-corrected chi connectivity index (χ2v) is 6.46. The molecule has 0 aliphatic rings. The molecule has 0 saturated carbocycles. The lowest BCUT2D eigenvalue weighted by Gasteiger charge is -2.04. The van der Waals surface area contributed by atoms with E-state index >= 15 is 0 Å². The summed E-state index contributed by atoms with van der Waals surface area (Å²) in [5, 5.41) is 7.90. The Hall–Kier alpha value is -3.48. The van der Waals surface area contributed by atoms with Crippen LogP contribution >= 0.6 is 0 Å². The molecule has 0 radical (unpaired) electrons. The third-order valence-corrected chi connectivity index (χ3v) is 4.70. The van der Waals surface area contributed by atoms with E-state index in [4.69, 9.17) is 4.74 Å². The minimum Gasteiger partial charge on any atom is -0.496 e. The summed E-state index contributed by atoms with van der Waals surface area (Å²) in [6.45, 7) is 3.80. The normalized spacial score (nSPS) is 11.1. The highest BCUT2D eigenvalue weighted by atomic mass is 16.5. The van der Waals surface area contributed by atoms with Crippen LogP contribution in [-0.2, 0) is 6.42 Å². The molecule has 0 unspecified atom stereocenters. The van der Waals surface area contributed by atoms with Gasteiger partial charge in [-0.25, -0.2) is 4.98 Å². The molecule has 4 rings (SSSR count). The van der Waals surface area contributed by atoms with Gasteiger partial charge < -0.3 is 9.72 Å². The number of aryl methyl sites for hydroxylation is 1. The fourth-order valence-corrected chi connectivity index (χ4v) is 3.09. The number of Topliss-reactive ketones (excluding diaryl/α,β-unsaturated/α-hetero) is 1. The lowest BCUT2D eigenvalue weighted by molar-refractivity contribution is 0.0987. The van der Waals surface area contributed by atoms with Crippen LogP contribution in [0.5, 0.6) is 5.75 Å². The molecule has 4 aromatic heterocycles. The SMILES string of the molecule is COc1ccncc1-c1cc2cc(CC(=O)c3n[nH]c(C)c3C)cnc2[nH]1. The van der Waals surface area contributed by atoms with Crippen LogP contribution in [0.15, 0.2) is 36.8 Å². The maximum atomic E-state index is 12.6. The van der Waals surface area contributed by atoms with Crippen molar-refractivity contribution in [2.24, 2.45) is 0 Å². The average Bonchev–Trinajstić information content (AvgIpc) is 3.25. The molecule has 0 bridgehead atoms. The van der Waals surface area contributed by atoms with Crippen LogP contribution in [-0.4, -0.2) is 38.0 Å². The molecule has 136 valence electrons. The van der Waals surface area contributed by atoms with Gasteiger partial charge in [-0.2, -0.15) is 5.10 Å². The van der Waals surface area contributed by atoms with Gasteiger partial charge in [-0.3, -0.25) is 14.9 Å². The first-order chi connectivity index (χ1) is 13.1. The minimum atomic E-state index is -0.0253. The zero-order valence-electron chi connectivity index (χ0n) is 15.3. The Morgan fingerprint density at radius 1 is 1.22 bits per heavy atom. The summed E-state index contributed by atoms with van der Waals surface area (Å²) in [7, 11) is 1.63. The van der Waals surface area contributed by atoms with E-state index in [1.54, 1.807) is 25.7 Å². The maximum Gasteiger partial charge on any atom is 0.187 e. The number of pyridine rings is 2. The number of methoxy groups -OCH3 is 1. The maximum absolute atomic E-state index is 12.6. The van der Waals surface area contributed by atoms with Crippen LogP contribution in [0.4, 0.5) is 0 Å². The molecule has 7 nitrogen and oxygen atoms in total. The number of nitrogens with zero attached hydrogens (tertiary/aromatic N) is 3. The molecule has 0 atom stereocenters. The van der Waals surface area contributed by atoms with E-state index in [9.17, 15) is 4.79 Å². The van der Waals surface area contributed by atoms with Gasteiger partial charge in [-0.15, -0.1) is 0 Å². The number of fused-ring (bicyclic) bond motifs is 1. The van der Waals surface area contributed by atoms with Crippen molar-refractivity contribution in [3.63, 3.8) is 0 Å². The summed E-state index contributed by atoms with van der Waals surface area (Å²) in [5.74, 6) is 0.707. The molecule has 0 saturated heterocycles. The highest BCUT2D eigenvalue weighted by Crippen LogP contribution is 2.30. The molecule has 4 aromatic rings. The number of ketones is 1. The number of aromatic nitrogens is 5. The van der Waals surface area contributed by atoms with E-state index in [0.29, 0.717) is 5.69 Å². The number of ether oxygens (including phenoxy) is 1. The Kier molecular flexibility index (Phi) is 4.19. The number of nitrogens with one attached hydrogen (secondary N) is 2. The number of hydrogen-bond acceptors (Lipinski definition) is 5. The smallest absolute Gasteiger partial charge is 0.187 e. The average molecular weight is 361 g/mol.